The van der Waals surface area contributed by atoms with Crippen LogP contribution < -0.4 is 4.90 Å². The molecule has 2 aliphatic rings. The van der Waals surface area contributed by atoms with Gasteiger partial charge < -0.3 is 4.74 Å². The number of thiazole rings is 1. The van der Waals surface area contributed by atoms with E-state index in [1.54, 1.807) is 33.5 Å². The van der Waals surface area contributed by atoms with Crippen LogP contribution in [0.2, 0.25) is 0 Å². The van der Waals surface area contributed by atoms with Crippen LogP contribution in [0.4, 0.5) is 5.13 Å². The van der Waals surface area contributed by atoms with Crippen LogP contribution in [0.15, 0.2) is 47.4 Å². The third-order valence-corrected chi connectivity index (χ3v) is 9.43. The number of carbonyl (C=O) groups is 1. The summed E-state index contributed by atoms with van der Waals surface area (Å²) in [5.74, 6) is -0.201. The summed E-state index contributed by atoms with van der Waals surface area (Å²) in [5.41, 5.74) is 2.44. The second-order valence-corrected chi connectivity index (χ2v) is 12.0. The van der Waals surface area contributed by atoms with Gasteiger partial charge in [0.25, 0.3) is 5.91 Å². The lowest BCUT2D eigenvalue weighted by molar-refractivity contribution is 0.0917. The Kier molecular flexibility index (Phi) is 6.70. The first-order valence-corrected chi connectivity index (χ1v) is 14.1. The van der Waals surface area contributed by atoms with Gasteiger partial charge in [-0.2, -0.15) is 4.31 Å². The number of nitrogens with zero attached hydrogens (tertiary/aromatic N) is 3. The smallest absolute Gasteiger partial charge is 0.260 e. The van der Waals surface area contributed by atoms with E-state index in [2.05, 4.69) is 6.07 Å². The van der Waals surface area contributed by atoms with Gasteiger partial charge in [-0.15, -0.1) is 0 Å². The summed E-state index contributed by atoms with van der Waals surface area (Å²) in [6.07, 6.45) is 4.68. The molecular weight excluding hydrogens is 470 g/mol. The molecular formula is C25H29N3O4S2. The number of benzene rings is 2. The number of amides is 1. The molecule has 3 heterocycles. The monoisotopic (exact) mass is 499 g/mol. The van der Waals surface area contributed by atoms with E-state index >= 15 is 0 Å². The Morgan fingerprint density at radius 2 is 1.88 bits per heavy atom. The highest BCUT2D eigenvalue weighted by Gasteiger charge is 2.29. The lowest BCUT2D eigenvalue weighted by atomic mass is 10.2. The molecule has 1 amide bonds. The SMILES string of the molecule is Cc1ccc2nc(N(CC3CCCO3)C(=O)c3ccc(S(=O)(=O)N4CCCCC4)cc3)sc2c1. The minimum absolute atomic E-state index is 0.0311. The Morgan fingerprint density at radius 1 is 1.12 bits per heavy atom. The van der Waals surface area contributed by atoms with Crippen LogP contribution in [-0.2, 0) is 14.8 Å². The fourth-order valence-electron chi connectivity index (χ4n) is 4.55. The van der Waals surface area contributed by atoms with Gasteiger partial charge in [-0.3, -0.25) is 9.69 Å². The molecule has 1 atom stereocenters. The summed E-state index contributed by atoms with van der Waals surface area (Å²) in [6, 6.07) is 12.4. The van der Waals surface area contributed by atoms with E-state index < -0.39 is 10.0 Å². The Labute approximate surface area is 204 Å². The van der Waals surface area contributed by atoms with Crippen molar-refractivity contribution in [3.8, 4) is 0 Å². The van der Waals surface area contributed by atoms with E-state index in [0.29, 0.717) is 36.9 Å². The van der Waals surface area contributed by atoms with Gasteiger partial charge in [0.05, 0.1) is 27.8 Å². The summed E-state index contributed by atoms with van der Waals surface area (Å²) in [6.45, 7) is 4.26. The number of aromatic nitrogens is 1. The molecule has 2 saturated heterocycles. The summed E-state index contributed by atoms with van der Waals surface area (Å²) >= 11 is 1.49. The number of carbonyl (C=O) groups excluding carboxylic acids is 1. The first-order chi connectivity index (χ1) is 16.4. The topological polar surface area (TPSA) is 79.8 Å². The Hall–Kier alpha value is -2.33. The molecule has 9 heteroatoms. The zero-order chi connectivity index (χ0) is 23.7. The van der Waals surface area contributed by atoms with Crippen LogP contribution in [0.25, 0.3) is 10.2 Å². The molecule has 5 rings (SSSR count). The average molecular weight is 500 g/mol. The molecule has 0 saturated carbocycles. The van der Waals surface area contributed by atoms with Crippen molar-refractivity contribution in [2.75, 3.05) is 31.1 Å². The van der Waals surface area contributed by atoms with Crippen molar-refractivity contribution >= 4 is 42.6 Å². The van der Waals surface area contributed by atoms with Crippen molar-refractivity contribution in [3.63, 3.8) is 0 Å². The highest BCUT2D eigenvalue weighted by molar-refractivity contribution is 7.89. The van der Waals surface area contributed by atoms with Gasteiger partial charge in [-0.25, -0.2) is 13.4 Å². The first kappa shape index (κ1) is 23.4. The van der Waals surface area contributed by atoms with E-state index in [9.17, 15) is 13.2 Å². The van der Waals surface area contributed by atoms with Crippen LogP contribution in [0.3, 0.4) is 0 Å². The molecule has 0 N–H and O–H groups in total. The van der Waals surface area contributed by atoms with Crippen LogP contribution >= 0.6 is 11.3 Å². The maximum atomic E-state index is 13.6. The van der Waals surface area contributed by atoms with Crippen molar-refractivity contribution in [2.24, 2.45) is 0 Å². The van der Waals surface area contributed by atoms with Gasteiger partial charge >= 0.3 is 0 Å². The molecule has 34 heavy (non-hydrogen) atoms. The summed E-state index contributed by atoms with van der Waals surface area (Å²) in [7, 11) is -3.54. The fourth-order valence-corrected chi connectivity index (χ4v) is 7.14. The van der Waals surface area contributed by atoms with E-state index in [0.717, 1.165) is 47.9 Å². The number of hydrogen-bond acceptors (Lipinski definition) is 6. The number of aryl methyl sites for hydroxylation is 1. The first-order valence-electron chi connectivity index (χ1n) is 11.8. The number of rotatable bonds is 6. The van der Waals surface area contributed by atoms with E-state index in [-0.39, 0.29) is 16.9 Å². The van der Waals surface area contributed by atoms with Crippen LogP contribution in [-0.4, -0.2) is 56.0 Å². The lowest BCUT2D eigenvalue weighted by Crippen LogP contribution is -2.37. The molecule has 0 radical (unpaired) electrons. The van der Waals surface area contributed by atoms with Crippen LogP contribution in [0.5, 0.6) is 0 Å². The van der Waals surface area contributed by atoms with Crippen molar-refractivity contribution in [1.82, 2.24) is 9.29 Å². The molecule has 3 aromatic rings. The fraction of sp³-hybridized carbons (Fsp3) is 0.440. The minimum atomic E-state index is -3.54. The molecule has 0 spiro atoms. The zero-order valence-corrected chi connectivity index (χ0v) is 20.9. The Morgan fingerprint density at radius 3 is 2.59 bits per heavy atom. The molecule has 1 unspecified atom stereocenters. The lowest BCUT2D eigenvalue weighted by Gasteiger charge is -2.26. The highest BCUT2D eigenvalue weighted by atomic mass is 32.2. The number of hydrogen-bond donors (Lipinski definition) is 0. The molecule has 2 fully saturated rings. The van der Waals surface area contributed by atoms with Gasteiger partial charge in [0.1, 0.15) is 0 Å². The molecule has 0 bridgehead atoms. The maximum Gasteiger partial charge on any atom is 0.260 e. The molecule has 1 aromatic heterocycles. The number of piperidine rings is 1. The van der Waals surface area contributed by atoms with Crippen molar-refractivity contribution in [3.05, 3.63) is 53.6 Å². The van der Waals surface area contributed by atoms with E-state index in [1.807, 2.05) is 19.1 Å². The summed E-state index contributed by atoms with van der Waals surface area (Å²) < 4.78 is 34.4. The predicted octanol–water partition coefficient (Wildman–Crippen LogP) is 4.61. The zero-order valence-electron chi connectivity index (χ0n) is 19.3. The third kappa shape index (κ3) is 4.75. The standard InChI is InChI=1S/C25H29N3O4S2/c1-18-7-12-22-23(16-18)33-25(26-22)28(17-20-6-5-15-32-20)24(29)19-8-10-21(11-9-19)34(30,31)27-13-3-2-4-14-27/h7-12,16,20H,2-6,13-15,17H2,1H3. The molecule has 180 valence electrons. The minimum Gasteiger partial charge on any atom is -0.376 e. The number of ether oxygens (including phenoxy) is 1. The van der Waals surface area contributed by atoms with Gasteiger partial charge in [0.15, 0.2) is 5.13 Å². The number of fused-ring (bicyclic) bond motifs is 1. The molecule has 7 nitrogen and oxygen atoms in total. The van der Waals surface area contributed by atoms with Gasteiger partial charge in [0, 0.05) is 25.3 Å². The second-order valence-electron chi connectivity index (χ2n) is 9.01. The Bertz CT molecular complexity index is 1280. The second kappa shape index (κ2) is 9.73. The quantitative estimate of drug-likeness (QED) is 0.495. The van der Waals surface area contributed by atoms with Gasteiger partial charge in [-0.05, 0) is 74.6 Å². The van der Waals surface area contributed by atoms with Crippen molar-refractivity contribution < 1.29 is 17.9 Å². The number of sulfonamides is 1. The molecule has 2 aliphatic heterocycles. The van der Waals surface area contributed by atoms with E-state index in [4.69, 9.17) is 9.72 Å². The van der Waals surface area contributed by atoms with Gasteiger partial charge in [0.2, 0.25) is 10.0 Å². The third-order valence-electron chi connectivity index (χ3n) is 6.47. The van der Waals surface area contributed by atoms with Crippen LogP contribution in [0, 0.1) is 6.92 Å². The van der Waals surface area contributed by atoms with Crippen LogP contribution in [0.1, 0.15) is 48.0 Å². The highest BCUT2D eigenvalue weighted by Crippen LogP contribution is 2.32. The summed E-state index contributed by atoms with van der Waals surface area (Å²) in [4.78, 5) is 20.3. The van der Waals surface area contributed by atoms with Crippen molar-refractivity contribution in [2.45, 2.75) is 50.0 Å². The molecule has 0 aliphatic carbocycles. The van der Waals surface area contributed by atoms with Gasteiger partial charge in [-0.1, -0.05) is 23.8 Å². The predicted molar refractivity (Wildman–Crippen MR) is 134 cm³/mol. The number of anilines is 1. The maximum absolute atomic E-state index is 13.6. The largest absolute Gasteiger partial charge is 0.376 e. The molecule has 2 aromatic carbocycles. The normalized spacial score (nSPS) is 19.5. The summed E-state index contributed by atoms with van der Waals surface area (Å²) in [5, 5.41) is 0.631. The Balaban J connectivity index is 1.43. The van der Waals surface area contributed by atoms with Crippen molar-refractivity contribution in [1.29, 1.82) is 0 Å². The average Bonchev–Trinajstić information content (AvgIpc) is 3.52. The van der Waals surface area contributed by atoms with E-state index in [1.165, 1.54) is 11.3 Å².